The first-order valence-electron chi connectivity index (χ1n) is 8.41. The van der Waals surface area contributed by atoms with Crippen molar-refractivity contribution in [1.82, 2.24) is 9.97 Å². The number of ether oxygens (including phenoxy) is 2. The zero-order valence-electron chi connectivity index (χ0n) is 15.6. The Morgan fingerprint density at radius 2 is 1.75 bits per heavy atom. The standard InChI is InChI=1S/C20H19ClN4O3/c1-12-22-16(11-19(23-12)25-15-7-5-4-6-14(15)21)20(26)24-13-8-9-17(27-2)18(10-13)28-3/h4-11H,1-3H3,(H,24,26)(H,22,23,25). The smallest absolute Gasteiger partial charge is 0.274 e. The van der Waals surface area contributed by atoms with Crippen LogP contribution in [-0.2, 0) is 0 Å². The molecule has 28 heavy (non-hydrogen) atoms. The lowest BCUT2D eigenvalue weighted by atomic mass is 10.2. The average Bonchev–Trinajstić information content (AvgIpc) is 2.69. The van der Waals surface area contributed by atoms with Gasteiger partial charge in [0, 0.05) is 17.8 Å². The van der Waals surface area contributed by atoms with Crippen molar-refractivity contribution in [2.75, 3.05) is 24.9 Å². The van der Waals surface area contributed by atoms with Crippen LogP contribution in [0.5, 0.6) is 11.5 Å². The van der Waals surface area contributed by atoms with Gasteiger partial charge in [-0.25, -0.2) is 9.97 Å². The zero-order chi connectivity index (χ0) is 20.1. The zero-order valence-corrected chi connectivity index (χ0v) is 16.4. The largest absolute Gasteiger partial charge is 0.493 e. The number of nitrogens with one attached hydrogen (secondary N) is 2. The molecule has 0 unspecified atom stereocenters. The van der Waals surface area contributed by atoms with Crippen molar-refractivity contribution in [3.63, 3.8) is 0 Å². The summed E-state index contributed by atoms with van der Waals surface area (Å²) < 4.78 is 10.5. The van der Waals surface area contributed by atoms with Gasteiger partial charge in [-0.3, -0.25) is 4.79 Å². The summed E-state index contributed by atoms with van der Waals surface area (Å²) >= 11 is 6.17. The van der Waals surface area contributed by atoms with E-state index in [9.17, 15) is 4.79 Å². The number of anilines is 3. The van der Waals surface area contributed by atoms with Crippen LogP contribution in [0.25, 0.3) is 0 Å². The number of para-hydroxylation sites is 1. The van der Waals surface area contributed by atoms with Crippen molar-refractivity contribution >= 4 is 34.7 Å². The van der Waals surface area contributed by atoms with E-state index in [1.165, 1.54) is 7.11 Å². The maximum atomic E-state index is 12.7. The summed E-state index contributed by atoms with van der Waals surface area (Å²) in [5, 5.41) is 6.45. The van der Waals surface area contributed by atoms with Gasteiger partial charge in [0.2, 0.25) is 0 Å². The van der Waals surface area contributed by atoms with E-state index in [-0.39, 0.29) is 11.6 Å². The van der Waals surface area contributed by atoms with E-state index in [2.05, 4.69) is 20.6 Å². The molecule has 7 nitrogen and oxygen atoms in total. The van der Waals surface area contributed by atoms with E-state index in [4.69, 9.17) is 21.1 Å². The number of rotatable bonds is 6. The van der Waals surface area contributed by atoms with Crippen LogP contribution in [0.3, 0.4) is 0 Å². The first-order chi connectivity index (χ1) is 13.5. The van der Waals surface area contributed by atoms with Crippen molar-refractivity contribution in [2.45, 2.75) is 6.92 Å². The highest BCUT2D eigenvalue weighted by Crippen LogP contribution is 2.30. The van der Waals surface area contributed by atoms with Gasteiger partial charge in [-0.15, -0.1) is 0 Å². The summed E-state index contributed by atoms with van der Waals surface area (Å²) in [6, 6.07) is 13.9. The number of amides is 1. The van der Waals surface area contributed by atoms with E-state index >= 15 is 0 Å². The van der Waals surface area contributed by atoms with Gasteiger partial charge in [0.05, 0.1) is 24.9 Å². The number of aromatic nitrogens is 2. The summed E-state index contributed by atoms with van der Waals surface area (Å²) in [6.07, 6.45) is 0. The van der Waals surface area contributed by atoms with Crippen LogP contribution >= 0.6 is 11.6 Å². The number of nitrogens with zero attached hydrogens (tertiary/aromatic N) is 2. The number of benzene rings is 2. The van der Waals surface area contributed by atoms with Crippen LogP contribution in [0, 0.1) is 6.92 Å². The van der Waals surface area contributed by atoms with Crippen molar-refractivity contribution in [1.29, 1.82) is 0 Å². The molecule has 0 spiro atoms. The fourth-order valence-electron chi connectivity index (χ4n) is 2.56. The van der Waals surface area contributed by atoms with E-state index in [0.29, 0.717) is 39.5 Å². The number of methoxy groups -OCH3 is 2. The molecule has 0 aliphatic carbocycles. The second kappa shape index (κ2) is 8.58. The maximum Gasteiger partial charge on any atom is 0.274 e. The second-order valence-electron chi connectivity index (χ2n) is 5.81. The molecular formula is C20H19ClN4O3. The van der Waals surface area contributed by atoms with Crippen molar-refractivity contribution in [2.24, 2.45) is 0 Å². The van der Waals surface area contributed by atoms with Gasteiger partial charge in [0.1, 0.15) is 17.3 Å². The molecule has 1 amide bonds. The van der Waals surface area contributed by atoms with E-state index in [0.717, 1.165) is 0 Å². The molecule has 144 valence electrons. The van der Waals surface area contributed by atoms with Gasteiger partial charge in [-0.05, 0) is 31.2 Å². The Balaban J connectivity index is 1.82. The van der Waals surface area contributed by atoms with Crippen LogP contribution in [0.15, 0.2) is 48.5 Å². The Labute approximate surface area is 167 Å². The summed E-state index contributed by atoms with van der Waals surface area (Å²) in [6.45, 7) is 1.71. The lowest BCUT2D eigenvalue weighted by Crippen LogP contribution is -2.15. The predicted octanol–water partition coefficient (Wildman–Crippen LogP) is 4.45. The Kier molecular flexibility index (Phi) is 5.96. The molecule has 2 aromatic carbocycles. The molecule has 3 rings (SSSR count). The minimum Gasteiger partial charge on any atom is -0.493 e. The van der Waals surface area contributed by atoms with Crippen LogP contribution in [0.1, 0.15) is 16.3 Å². The molecule has 0 aliphatic heterocycles. The first kappa shape index (κ1) is 19.4. The summed E-state index contributed by atoms with van der Waals surface area (Å²) in [7, 11) is 3.08. The Hall–Kier alpha value is -3.32. The third-order valence-corrected chi connectivity index (χ3v) is 4.18. The second-order valence-corrected chi connectivity index (χ2v) is 6.22. The number of aryl methyl sites for hydroxylation is 1. The minimum atomic E-state index is -0.375. The van der Waals surface area contributed by atoms with Crippen molar-refractivity contribution in [3.8, 4) is 11.5 Å². The van der Waals surface area contributed by atoms with Gasteiger partial charge in [-0.1, -0.05) is 23.7 Å². The molecule has 0 radical (unpaired) electrons. The third-order valence-electron chi connectivity index (χ3n) is 3.85. The first-order valence-corrected chi connectivity index (χ1v) is 8.78. The molecule has 2 N–H and O–H groups in total. The molecule has 1 aromatic heterocycles. The molecule has 3 aromatic rings. The summed E-state index contributed by atoms with van der Waals surface area (Å²) in [5.41, 5.74) is 1.46. The minimum absolute atomic E-state index is 0.219. The molecular weight excluding hydrogens is 380 g/mol. The predicted molar refractivity (Wildman–Crippen MR) is 109 cm³/mol. The lowest BCUT2D eigenvalue weighted by Gasteiger charge is -2.12. The third kappa shape index (κ3) is 4.50. The highest BCUT2D eigenvalue weighted by molar-refractivity contribution is 6.33. The molecule has 0 atom stereocenters. The fraction of sp³-hybridized carbons (Fsp3) is 0.150. The SMILES string of the molecule is COc1ccc(NC(=O)c2cc(Nc3ccccc3Cl)nc(C)n2)cc1OC. The van der Waals surface area contributed by atoms with E-state index < -0.39 is 0 Å². The van der Waals surface area contributed by atoms with Crippen LogP contribution < -0.4 is 20.1 Å². The normalized spacial score (nSPS) is 10.3. The van der Waals surface area contributed by atoms with Gasteiger partial charge in [0.25, 0.3) is 5.91 Å². The number of hydrogen-bond acceptors (Lipinski definition) is 6. The average molecular weight is 399 g/mol. The molecule has 8 heteroatoms. The van der Waals surface area contributed by atoms with Crippen LogP contribution in [0.2, 0.25) is 5.02 Å². The molecule has 1 heterocycles. The maximum absolute atomic E-state index is 12.7. The number of carbonyl (C=O) groups excluding carboxylic acids is 1. The Morgan fingerprint density at radius 1 is 1.00 bits per heavy atom. The highest BCUT2D eigenvalue weighted by atomic mass is 35.5. The van der Waals surface area contributed by atoms with Gasteiger partial charge >= 0.3 is 0 Å². The van der Waals surface area contributed by atoms with Gasteiger partial charge < -0.3 is 20.1 Å². The monoisotopic (exact) mass is 398 g/mol. The van der Waals surface area contributed by atoms with Crippen molar-refractivity contribution < 1.29 is 14.3 Å². The summed E-state index contributed by atoms with van der Waals surface area (Å²) in [5.74, 6) is 1.64. The van der Waals surface area contributed by atoms with Crippen LogP contribution in [-0.4, -0.2) is 30.1 Å². The molecule has 0 fully saturated rings. The van der Waals surface area contributed by atoms with Crippen molar-refractivity contribution in [3.05, 3.63) is 65.1 Å². The Morgan fingerprint density at radius 3 is 2.46 bits per heavy atom. The molecule has 0 saturated heterocycles. The number of hydrogen-bond donors (Lipinski definition) is 2. The van der Waals surface area contributed by atoms with Gasteiger partial charge in [0.15, 0.2) is 11.5 Å². The van der Waals surface area contributed by atoms with Gasteiger partial charge in [-0.2, -0.15) is 0 Å². The van der Waals surface area contributed by atoms with Crippen LogP contribution in [0.4, 0.5) is 17.2 Å². The molecule has 0 aliphatic rings. The van der Waals surface area contributed by atoms with E-state index in [1.54, 1.807) is 44.4 Å². The number of carbonyl (C=O) groups is 1. The topological polar surface area (TPSA) is 85.4 Å². The highest BCUT2D eigenvalue weighted by Gasteiger charge is 2.13. The Bertz CT molecular complexity index is 1010. The fourth-order valence-corrected chi connectivity index (χ4v) is 2.74. The molecule has 0 saturated carbocycles. The quantitative estimate of drug-likeness (QED) is 0.638. The number of halogens is 1. The summed E-state index contributed by atoms with van der Waals surface area (Å²) in [4.78, 5) is 21.2. The van der Waals surface area contributed by atoms with E-state index in [1.807, 2.05) is 18.2 Å². The molecule has 0 bridgehead atoms. The lowest BCUT2D eigenvalue weighted by molar-refractivity contribution is 0.102.